The summed E-state index contributed by atoms with van der Waals surface area (Å²) < 4.78 is 0. The van der Waals surface area contributed by atoms with Crippen LogP contribution < -0.4 is 5.73 Å². The molecule has 0 spiro atoms. The monoisotopic (exact) mass is 208 g/mol. The van der Waals surface area contributed by atoms with E-state index in [1.165, 1.54) is 25.7 Å². The fourth-order valence-electron chi connectivity index (χ4n) is 2.46. The van der Waals surface area contributed by atoms with Crippen molar-refractivity contribution in [2.24, 2.45) is 11.7 Å². The van der Waals surface area contributed by atoms with Gasteiger partial charge in [0.25, 0.3) is 0 Å². The summed E-state index contributed by atoms with van der Waals surface area (Å²) in [5.74, 6) is 3.05. The zero-order chi connectivity index (χ0) is 10.7. The zero-order valence-electron chi connectivity index (χ0n) is 9.37. The Balaban J connectivity index is 2.12. The molecule has 84 valence electrons. The third-order valence-electron chi connectivity index (χ3n) is 3.43. The molecular weight excluding hydrogens is 188 g/mol. The van der Waals surface area contributed by atoms with Crippen molar-refractivity contribution in [3.8, 4) is 0 Å². The second kappa shape index (κ2) is 4.75. The minimum Gasteiger partial charge on any atom is -0.330 e. The molecule has 1 aliphatic rings. The van der Waals surface area contributed by atoms with Gasteiger partial charge in [0.15, 0.2) is 5.82 Å². The first-order valence-corrected chi connectivity index (χ1v) is 5.96. The Bertz CT molecular complexity index is 307. The van der Waals surface area contributed by atoms with Crippen molar-refractivity contribution < 1.29 is 0 Å². The molecule has 0 saturated heterocycles. The molecule has 0 bridgehead atoms. The largest absolute Gasteiger partial charge is 0.330 e. The molecule has 1 aliphatic carbocycles. The van der Waals surface area contributed by atoms with E-state index in [2.05, 4.69) is 22.1 Å². The van der Waals surface area contributed by atoms with Crippen molar-refractivity contribution in [3.63, 3.8) is 0 Å². The lowest BCUT2D eigenvalue weighted by Crippen LogP contribution is -2.26. The van der Waals surface area contributed by atoms with Crippen LogP contribution in [0.25, 0.3) is 0 Å². The van der Waals surface area contributed by atoms with Crippen LogP contribution in [0, 0.1) is 5.92 Å². The minimum absolute atomic E-state index is 0.486. The van der Waals surface area contributed by atoms with E-state index in [-0.39, 0.29) is 0 Å². The molecule has 0 amide bonds. The van der Waals surface area contributed by atoms with Gasteiger partial charge in [-0.3, -0.25) is 5.10 Å². The predicted octanol–water partition coefficient (Wildman–Crippen LogP) is 1.60. The summed E-state index contributed by atoms with van der Waals surface area (Å²) in [4.78, 5) is 4.53. The van der Waals surface area contributed by atoms with Crippen molar-refractivity contribution in [1.29, 1.82) is 0 Å². The van der Waals surface area contributed by atoms with Crippen LogP contribution in [0.2, 0.25) is 0 Å². The van der Waals surface area contributed by atoms with Gasteiger partial charge in [-0.2, -0.15) is 5.10 Å². The average molecular weight is 208 g/mol. The zero-order valence-corrected chi connectivity index (χ0v) is 9.37. The quantitative estimate of drug-likeness (QED) is 0.792. The second-order valence-corrected chi connectivity index (χ2v) is 4.38. The van der Waals surface area contributed by atoms with Gasteiger partial charge in [0.1, 0.15) is 5.82 Å². The van der Waals surface area contributed by atoms with Gasteiger partial charge in [-0.25, -0.2) is 4.98 Å². The van der Waals surface area contributed by atoms with Crippen LogP contribution in [-0.4, -0.2) is 21.7 Å². The number of nitrogens with one attached hydrogen (secondary N) is 1. The number of aryl methyl sites for hydroxylation is 1. The average Bonchev–Trinajstić information content (AvgIpc) is 2.77. The van der Waals surface area contributed by atoms with Gasteiger partial charge in [-0.1, -0.05) is 19.8 Å². The molecule has 1 saturated carbocycles. The molecule has 1 aromatic heterocycles. The third kappa shape index (κ3) is 2.20. The lowest BCUT2D eigenvalue weighted by molar-refractivity contribution is 0.304. The van der Waals surface area contributed by atoms with Gasteiger partial charge in [0, 0.05) is 12.3 Å². The molecule has 4 heteroatoms. The van der Waals surface area contributed by atoms with Crippen molar-refractivity contribution in [2.45, 2.75) is 44.9 Å². The maximum Gasteiger partial charge on any atom is 0.154 e. The molecule has 2 unspecified atom stereocenters. The highest BCUT2D eigenvalue weighted by molar-refractivity contribution is 5.02. The summed E-state index contributed by atoms with van der Waals surface area (Å²) in [7, 11) is 0. The Kier molecular flexibility index (Phi) is 3.36. The second-order valence-electron chi connectivity index (χ2n) is 4.38. The number of H-pyrrole nitrogens is 1. The molecule has 2 rings (SSSR count). The third-order valence-corrected chi connectivity index (χ3v) is 3.43. The van der Waals surface area contributed by atoms with Crippen LogP contribution in [0.1, 0.15) is 50.2 Å². The van der Waals surface area contributed by atoms with Crippen molar-refractivity contribution in [1.82, 2.24) is 15.2 Å². The lowest BCUT2D eigenvalue weighted by Gasteiger charge is -2.28. The van der Waals surface area contributed by atoms with E-state index in [1.54, 1.807) is 0 Å². The molecule has 2 atom stereocenters. The van der Waals surface area contributed by atoms with E-state index < -0.39 is 0 Å². The fourth-order valence-corrected chi connectivity index (χ4v) is 2.46. The van der Waals surface area contributed by atoms with E-state index in [0.29, 0.717) is 11.8 Å². The smallest absolute Gasteiger partial charge is 0.154 e. The number of hydrogen-bond acceptors (Lipinski definition) is 3. The molecule has 1 heterocycles. The molecule has 0 aliphatic heterocycles. The minimum atomic E-state index is 0.486. The summed E-state index contributed by atoms with van der Waals surface area (Å²) in [5, 5.41) is 7.31. The molecule has 0 radical (unpaired) electrons. The van der Waals surface area contributed by atoms with Crippen molar-refractivity contribution in [2.75, 3.05) is 6.54 Å². The molecule has 1 fully saturated rings. The summed E-state index contributed by atoms with van der Waals surface area (Å²) in [6.45, 7) is 2.85. The maximum absolute atomic E-state index is 5.80. The van der Waals surface area contributed by atoms with Gasteiger partial charge in [0.05, 0.1) is 0 Å². The Morgan fingerprint density at radius 1 is 1.40 bits per heavy atom. The van der Waals surface area contributed by atoms with E-state index in [4.69, 9.17) is 5.73 Å². The molecule has 1 aromatic rings. The predicted molar refractivity (Wildman–Crippen MR) is 59.5 cm³/mol. The van der Waals surface area contributed by atoms with Gasteiger partial charge in [-0.15, -0.1) is 0 Å². The fraction of sp³-hybridized carbons (Fsp3) is 0.818. The van der Waals surface area contributed by atoms with Gasteiger partial charge < -0.3 is 5.73 Å². The van der Waals surface area contributed by atoms with Crippen LogP contribution in [-0.2, 0) is 6.42 Å². The molecular formula is C11H20N4. The Morgan fingerprint density at radius 3 is 2.87 bits per heavy atom. The van der Waals surface area contributed by atoms with Crippen LogP contribution in [0.15, 0.2) is 0 Å². The van der Waals surface area contributed by atoms with Crippen molar-refractivity contribution in [3.05, 3.63) is 11.6 Å². The number of rotatable bonds is 3. The number of nitrogens with zero attached hydrogens (tertiary/aromatic N) is 2. The molecule has 3 N–H and O–H groups in total. The lowest BCUT2D eigenvalue weighted by atomic mass is 9.79. The summed E-state index contributed by atoms with van der Waals surface area (Å²) in [6.07, 6.45) is 5.95. The summed E-state index contributed by atoms with van der Waals surface area (Å²) in [5.41, 5.74) is 5.80. The number of nitrogens with two attached hydrogens (primary N) is 1. The number of hydrogen-bond donors (Lipinski definition) is 2. The van der Waals surface area contributed by atoms with E-state index in [1.807, 2.05) is 0 Å². The molecule has 0 aromatic carbocycles. The standard InChI is InChI=1S/C11H20N4/c1-2-10-13-11(15-14-10)9-6-4-3-5-8(9)7-12/h8-9H,2-7,12H2,1H3,(H,13,14,15). The summed E-state index contributed by atoms with van der Waals surface area (Å²) in [6, 6.07) is 0. The maximum atomic E-state index is 5.80. The van der Waals surface area contributed by atoms with Gasteiger partial charge >= 0.3 is 0 Å². The first kappa shape index (κ1) is 10.6. The Morgan fingerprint density at radius 2 is 2.20 bits per heavy atom. The topological polar surface area (TPSA) is 67.6 Å². The van der Waals surface area contributed by atoms with Crippen LogP contribution in [0.4, 0.5) is 0 Å². The van der Waals surface area contributed by atoms with E-state index in [9.17, 15) is 0 Å². The highest BCUT2D eigenvalue weighted by atomic mass is 15.2. The van der Waals surface area contributed by atoms with Crippen molar-refractivity contribution >= 4 is 0 Å². The van der Waals surface area contributed by atoms with Gasteiger partial charge in [0.2, 0.25) is 0 Å². The highest BCUT2D eigenvalue weighted by Crippen LogP contribution is 2.35. The number of aromatic amines is 1. The van der Waals surface area contributed by atoms with Crippen LogP contribution in [0.5, 0.6) is 0 Å². The molecule has 4 nitrogen and oxygen atoms in total. The highest BCUT2D eigenvalue weighted by Gasteiger charge is 2.28. The normalized spacial score (nSPS) is 26.8. The van der Waals surface area contributed by atoms with Crippen LogP contribution in [0.3, 0.4) is 0 Å². The number of aromatic nitrogens is 3. The Labute approximate surface area is 90.7 Å². The first-order valence-electron chi connectivity index (χ1n) is 5.96. The summed E-state index contributed by atoms with van der Waals surface area (Å²) >= 11 is 0. The van der Waals surface area contributed by atoms with E-state index >= 15 is 0 Å². The van der Waals surface area contributed by atoms with E-state index in [0.717, 1.165) is 24.6 Å². The molecule has 15 heavy (non-hydrogen) atoms. The first-order chi connectivity index (χ1) is 7.35. The van der Waals surface area contributed by atoms with Crippen LogP contribution >= 0.6 is 0 Å². The Hall–Kier alpha value is -0.900. The SMILES string of the molecule is CCc1nc(C2CCCCC2CN)n[nH]1. The van der Waals surface area contributed by atoms with Gasteiger partial charge in [-0.05, 0) is 25.3 Å².